The number of carbonyl (C=O) groups excluding carboxylic acids is 1. The second kappa shape index (κ2) is 6.21. The first-order valence-electron chi connectivity index (χ1n) is 7.36. The number of pyridine rings is 1. The quantitative estimate of drug-likeness (QED) is 0.600. The topological polar surface area (TPSA) is 83.6 Å². The van der Waals surface area contributed by atoms with Crippen LogP contribution in [-0.4, -0.2) is 26.3 Å². The Bertz CT molecular complexity index is 993. The number of H-pyrrole nitrogens is 1. The molecular formula is C17H13N5OS. The van der Waals surface area contributed by atoms with Crippen LogP contribution in [0.1, 0.15) is 15.9 Å². The molecule has 3 aromatic heterocycles. The number of nitrogens with one attached hydrogen (secondary N) is 2. The third kappa shape index (κ3) is 2.89. The van der Waals surface area contributed by atoms with Gasteiger partial charge in [0.25, 0.3) is 5.91 Å². The van der Waals surface area contributed by atoms with E-state index in [1.54, 1.807) is 35.7 Å². The monoisotopic (exact) mass is 335 g/mol. The lowest BCUT2D eigenvalue weighted by Gasteiger charge is -2.06. The van der Waals surface area contributed by atoms with Gasteiger partial charge in [0.1, 0.15) is 11.0 Å². The lowest BCUT2D eigenvalue weighted by atomic mass is 10.1. The van der Waals surface area contributed by atoms with Gasteiger partial charge in [-0.3, -0.25) is 9.78 Å². The Morgan fingerprint density at radius 1 is 1.12 bits per heavy atom. The van der Waals surface area contributed by atoms with Crippen LogP contribution in [0.5, 0.6) is 0 Å². The lowest BCUT2D eigenvalue weighted by molar-refractivity contribution is 0.0951. The van der Waals surface area contributed by atoms with Crippen molar-refractivity contribution in [3.8, 4) is 10.4 Å². The van der Waals surface area contributed by atoms with Gasteiger partial charge in [-0.05, 0) is 41.3 Å². The van der Waals surface area contributed by atoms with Gasteiger partial charge in [0.05, 0.1) is 0 Å². The van der Waals surface area contributed by atoms with Crippen molar-refractivity contribution in [3.63, 3.8) is 0 Å². The van der Waals surface area contributed by atoms with Crippen molar-refractivity contribution in [2.75, 3.05) is 0 Å². The average molecular weight is 335 g/mol. The predicted octanol–water partition coefficient (Wildman–Crippen LogP) is 3.01. The Morgan fingerprint density at radius 2 is 2.04 bits per heavy atom. The first kappa shape index (κ1) is 14.5. The zero-order valence-electron chi connectivity index (χ0n) is 12.6. The van der Waals surface area contributed by atoms with Crippen molar-refractivity contribution < 1.29 is 4.79 Å². The highest BCUT2D eigenvalue weighted by molar-refractivity contribution is 7.13. The summed E-state index contributed by atoms with van der Waals surface area (Å²) in [6.07, 6.45) is 3.59. The summed E-state index contributed by atoms with van der Waals surface area (Å²) in [5, 5.41) is 15.5. The minimum Gasteiger partial charge on any atom is -0.348 e. The molecule has 0 aliphatic heterocycles. The number of hydrogen-bond acceptors (Lipinski definition) is 5. The van der Waals surface area contributed by atoms with E-state index in [4.69, 9.17) is 0 Å². The zero-order chi connectivity index (χ0) is 16.4. The van der Waals surface area contributed by atoms with E-state index in [-0.39, 0.29) is 5.91 Å². The van der Waals surface area contributed by atoms with Gasteiger partial charge in [0.2, 0.25) is 0 Å². The highest BCUT2D eigenvalue weighted by Gasteiger charge is 2.08. The molecule has 0 saturated heterocycles. The largest absolute Gasteiger partial charge is 0.348 e. The second-order valence-corrected chi connectivity index (χ2v) is 6.22. The van der Waals surface area contributed by atoms with Gasteiger partial charge in [0.15, 0.2) is 0 Å². The van der Waals surface area contributed by atoms with Crippen molar-refractivity contribution in [2.45, 2.75) is 6.54 Å². The molecule has 0 spiro atoms. The van der Waals surface area contributed by atoms with Gasteiger partial charge in [0, 0.05) is 34.9 Å². The number of rotatable bonds is 4. The molecule has 4 rings (SSSR count). The molecule has 1 amide bonds. The number of aromatic amines is 1. The molecule has 6 nitrogen and oxygen atoms in total. The van der Waals surface area contributed by atoms with E-state index in [1.165, 1.54) is 0 Å². The summed E-state index contributed by atoms with van der Waals surface area (Å²) in [6.45, 7) is 0.419. The first-order valence-corrected chi connectivity index (χ1v) is 8.24. The van der Waals surface area contributed by atoms with Crippen LogP contribution < -0.4 is 5.32 Å². The summed E-state index contributed by atoms with van der Waals surface area (Å²) < 4.78 is 0. The normalized spacial score (nSPS) is 10.8. The molecule has 0 atom stereocenters. The Hall–Kier alpha value is -3.06. The molecule has 1 aromatic carbocycles. The number of amides is 1. The molecule has 0 bridgehead atoms. The number of thiophene rings is 1. The van der Waals surface area contributed by atoms with Gasteiger partial charge < -0.3 is 5.32 Å². The van der Waals surface area contributed by atoms with Crippen LogP contribution in [0, 0.1) is 0 Å². The second-order valence-electron chi connectivity index (χ2n) is 5.27. The standard InChI is InChI=1S/C17H13N5OS/c23-17(12-3-4-14-15(7-12)21-22-20-14)19-9-11-6-13(10-18-8-11)16-2-1-5-24-16/h1-8,10H,9H2,(H,19,23)(H,20,21,22). The van der Waals surface area contributed by atoms with Crippen molar-refractivity contribution in [3.05, 3.63) is 65.3 Å². The molecule has 0 unspecified atom stereocenters. The van der Waals surface area contributed by atoms with Crippen LogP contribution in [-0.2, 0) is 6.54 Å². The molecule has 0 saturated carbocycles. The van der Waals surface area contributed by atoms with Gasteiger partial charge in [-0.2, -0.15) is 15.4 Å². The van der Waals surface area contributed by atoms with Crippen molar-refractivity contribution >= 4 is 28.3 Å². The number of benzene rings is 1. The Balaban J connectivity index is 1.48. The maximum absolute atomic E-state index is 12.3. The lowest BCUT2D eigenvalue weighted by Crippen LogP contribution is -2.22. The minimum atomic E-state index is -0.151. The van der Waals surface area contributed by atoms with Crippen LogP contribution >= 0.6 is 11.3 Å². The number of nitrogens with zero attached hydrogens (tertiary/aromatic N) is 3. The van der Waals surface area contributed by atoms with Gasteiger partial charge in [-0.15, -0.1) is 11.3 Å². The number of carbonyl (C=O) groups is 1. The number of fused-ring (bicyclic) bond motifs is 1. The van der Waals surface area contributed by atoms with Gasteiger partial charge in [-0.1, -0.05) is 6.07 Å². The Labute approximate surface area is 141 Å². The van der Waals surface area contributed by atoms with E-state index in [9.17, 15) is 4.79 Å². The fraction of sp³-hybridized carbons (Fsp3) is 0.0588. The smallest absolute Gasteiger partial charge is 0.251 e. The zero-order valence-corrected chi connectivity index (χ0v) is 13.4. The van der Waals surface area contributed by atoms with Crippen molar-refractivity contribution in [2.24, 2.45) is 0 Å². The van der Waals surface area contributed by atoms with Crippen LogP contribution in [0.15, 0.2) is 54.2 Å². The van der Waals surface area contributed by atoms with Crippen LogP contribution in [0.4, 0.5) is 0 Å². The van der Waals surface area contributed by atoms with E-state index in [0.717, 1.165) is 21.5 Å². The predicted molar refractivity (Wildman–Crippen MR) is 92.6 cm³/mol. The average Bonchev–Trinajstić information content (AvgIpc) is 3.30. The summed E-state index contributed by atoms with van der Waals surface area (Å²) in [5.74, 6) is -0.151. The Kier molecular flexibility index (Phi) is 3.76. The maximum atomic E-state index is 12.3. The SMILES string of the molecule is O=C(NCc1cncc(-c2cccs2)c1)c1ccc2n[nH]nc2c1. The summed E-state index contributed by atoms with van der Waals surface area (Å²) in [5.41, 5.74) is 3.97. The van der Waals surface area contributed by atoms with Gasteiger partial charge >= 0.3 is 0 Å². The third-order valence-electron chi connectivity index (χ3n) is 3.63. The van der Waals surface area contributed by atoms with E-state index in [1.807, 2.05) is 23.7 Å². The van der Waals surface area contributed by atoms with E-state index in [0.29, 0.717) is 17.6 Å². The Morgan fingerprint density at radius 3 is 2.92 bits per heavy atom. The molecule has 0 fully saturated rings. The summed E-state index contributed by atoms with van der Waals surface area (Å²) in [6, 6.07) is 11.3. The molecule has 0 aliphatic rings. The van der Waals surface area contributed by atoms with E-state index in [2.05, 4.69) is 31.8 Å². The molecule has 4 aromatic rings. The van der Waals surface area contributed by atoms with Crippen LogP contribution in [0.25, 0.3) is 21.5 Å². The van der Waals surface area contributed by atoms with Crippen LogP contribution in [0.2, 0.25) is 0 Å². The fourth-order valence-electron chi connectivity index (χ4n) is 2.43. The van der Waals surface area contributed by atoms with E-state index >= 15 is 0 Å². The van der Waals surface area contributed by atoms with Crippen molar-refractivity contribution in [1.82, 2.24) is 25.7 Å². The molecule has 3 heterocycles. The third-order valence-corrected chi connectivity index (χ3v) is 4.55. The molecule has 7 heteroatoms. The number of hydrogen-bond donors (Lipinski definition) is 2. The maximum Gasteiger partial charge on any atom is 0.251 e. The molecule has 118 valence electrons. The van der Waals surface area contributed by atoms with E-state index < -0.39 is 0 Å². The molecule has 0 radical (unpaired) electrons. The highest BCUT2D eigenvalue weighted by atomic mass is 32.1. The van der Waals surface area contributed by atoms with Crippen LogP contribution in [0.3, 0.4) is 0 Å². The molecule has 24 heavy (non-hydrogen) atoms. The van der Waals surface area contributed by atoms with Crippen molar-refractivity contribution in [1.29, 1.82) is 0 Å². The molecular weight excluding hydrogens is 322 g/mol. The highest BCUT2D eigenvalue weighted by Crippen LogP contribution is 2.24. The summed E-state index contributed by atoms with van der Waals surface area (Å²) >= 11 is 1.66. The molecule has 2 N–H and O–H groups in total. The summed E-state index contributed by atoms with van der Waals surface area (Å²) in [7, 11) is 0. The first-order chi connectivity index (χ1) is 11.8. The molecule has 0 aliphatic carbocycles. The fourth-order valence-corrected chi connectivity index (χ4v) is 3.14. The minimum absolute atomic E-state index is 0.151. The van der Waals surface area contributed by atoms with Gasteiger partial charge in [-0.25, -0.2) is 0 Å². The number of aromatic nitrogens is 4. The summed E-state index contributed by atoms with van der Waals surface area (Å²) in [4.78, 5) is 17.7.